The average Bonchev–Trinajstić information content (AvgIpc) is 2.74. The molecular formula is C12H11BrN2O3S2. The van der Waals surface area contributed by atoms with Crippen molar-refractivity contribution in [2.75, 3.05) is 11.0 Å². The minimum atomic E-state index is -3.37. The topological polar surface area (TPSA) is 89.3 Å². The van der Waals surface area contributed by atoms with E-state index in [-0.39, 0.29) is 0 Å². The summed E-state index contributed by atoms with van der Waals surface area (Å²) in [6, 6.07) is 6.86. The van der Waals surface area contributed by atoms with Crippen LogP contribution in [0.1, 0.15) is 9.67 Å². The summed E-state index contributed by atoms with van der Waals surface area (Å²) in [6.45, 7) is 0. The first-order valence-corrected chi connectivity index (χ1v) is 8.99. The van der Waals surface area contributed by atoms with Gasteiger partial charge < -0.3 is 5.73 Å². The van der Waals surface area contributed by atoms with Crippen molar-refractivity contribution < 1.29 is 13.2 Å². The van der Waals surface area contributed by atoms with Crippen LogP contribution < -0.4 is 10.5 Å². The van der Waals surface area contributed by atoms with Crippen LogP contribution in [0.15, 0.2) is 34.1 Å². The Labute approximate surface area is 129 Å². The molecule has 0 spiro atoms. The molecule has 0 fully saturated rings. The second-order valence-corrected chi connectivity index (χ2v) is 7.71. The van der Waals surface area contributed by atoms with Gasteiger partial charge in [-0.25, -0.2) is 8.42 Å². The van der Waals surface area contributed by atoms with Gasteiger partial charge in [-0.3, -0.25) is 9.52 Å². The number of carbonyl (C=O) groups is 1. The summed E-state index contributed by atoms with van der Waals surface area (Å²) < 4.78 is 25.7. The smallest absolute Gasteiger partial charge is 0.259 e. The number of benzene rings is 1. The van der Waals surface area contributed by atoms with Crippen molar-refractivity contribution in [2.24, 2.45) is 5.73 Å². The number of sulfonamides is 1. The van der Waals surface area contributed by atoms with E-state index in [2.05, 4.69) is 20.7 Å². The molecular weight excluding hydrogens is 364 g/mol. The minimum absolute atomic E-state index is 0.415. The lowest BCUT2D eigenvalue weighted by Crippen LogP contribution is -2.10. The lowest BCUT2D eigenvalue weighted by Gasteiger charge is -2.08. The van der Waals surface area contributed by atoms with E-state index in [4.69, 9.17) is 5.73 Å². The Balaban J connectivity index is 2.52. The molecule has 2 rings (SSSR count). The second-order valence-electron chi connectivity index (χ2n) is 4.13. The third kappa shape index (κ3) is 3.59. The van der Waals surface area contributed by atoms with Gasteiger partial charge in [0.25, 0.3) is 5.91 Å². The first-order valence-electron chi connectivity index (χ1n) is 5.42. The molecule has 3 N–H and O–H groups in total. The van der Waals surface area contributed by atoms with Gasteiger partial charge in [-0.1, -0.05) is 15.9 Å². The van der Waals surface area contributed by atoms with Crippen molar-refractivity contribution in [2.45, 2.75) is 0 Å². The summed E-state index contributed by atoms with van der Waals surface area (Å²) in [5.74, 6) is -0.507. The molecule has 5 nitrogen and oxygen atoms in total. The Morgan fingerprint density at radius 2 is 2.05 bits per heavy atom. The van der Waals surface area contributed by atoms with Crippen molar-refractivity contribution in [3.05, 3.63) is 39.0 Å². The van der Waals surface area contributed by atoms with Crippen LogP contribution in [0, 0.1) is 0 Å². The van der Waals surface area contributed by atoms with Gasteiger partial charge in [-0.2, -0.15) is 0 Å². The van der Waals surface area contributed by atoms with E-state index < -0.39 is 15.9 Å². The Kier molecular flexibility index (Phi) is 4.17. The Bertz CT molecular complexity index is 769. The predicted octanol–water partition coefficient (Wildman–Crippen LogP) is 2.65. The lowest BCUT2D eigenvalue weighted by atomic mass is 10.1. The van der Waals surface area contributed by atoms with Gasteiger partial charge in [0.05, 0.1) is 16.8 Å². The number of thiophene rings is 1. The van der Waals surface area contributed by atoms with E-state index in [1.807, 2.05) is 0 Å². The van der Waals surface area contributed by atoms with Crippen LogP contribution in [0.2, 0.25) is 0 Å². The molecule has 0 radical (unpaired) electrons. The number of nitrogens with two attached hydrogens (primary N) is 1. The van der Waals surface area contributed by atoms with Gasteiger partial charge in [-0.05, 0) is 35.2 Å². The van der Waals surface area contributed by atoms with Crippen LogP contribution in [0.5, 0.6) is 0 Å². The van der Waals surface area contributed by atoms with Gasteiger partial charge in [0, 0.05) is 10.0 Å². The predicted molar refractivity (Wildman–Crippen MR) is 84.4 cm³/mol. The molecule has 1 aromatic carbocycles. The molecule has 1 amide bonds. The third-order valence-electron chi connectivity index (χ3n) is 2.40. The first-order chi connectivity index (χ1) is 9.26. The largest absolute Gasteiger partial charge is 0.365 e. The average molecular weight is 375 g/mol. The lowest BCUT2D eigenvalue weighted by molar-refractivity contribution is 0.100. The summed E-state index contributed by atoms with van der Waals surface area (Å²) in [5, 5.41) is 1.76. The SMILES string of the molecule is CS(=O)(=O)Nc1cc(Br)cc(-c2ccsc2C(N)=O)c1. The van der Waals surface area contributed by atoms with Crippen LogP contribution in [-0.4, -0.2) is 20.6 Å². The highest BCUT2D eigenvalue weighted by atomic mass is 79.9. The molecule has 0 saturated heterocycles. The zero-order valence-electron chi connectivity index (χ0n) is 10.4. The third-order valence-corrected chi connectivity index (χ3v) is 4.39. The van der Waals surface area contributed by atoms with Gasteiger partial charge in [0.2, 0.25) is 10.0 Å². The van der Waals surface area contributed by atoms with Crippen molar-refractivity contribution in [3.8, 4) is 11.1 Å². The zero-order valence-corrected chi connectivity index (χ0v) is 13.6. The molecule has 0 aliphatic rings. The number of nitrogens with one attached hydrogen (secondary N) is 1. The van der Waals surface area contributed by atoms with E-state index in [0.717, 1.165) is 6.26 Å². The molecule has 8 heteroatoms. The molecule has 0 bridgehead atoms. The maximum absolute atomic E-state index is 11.4. The Hall–Kier alpha value is -1.38. The molecule has 1 heterocycles. The number of hydrogen-bond acceptors (Lipinski definition) is 4. The maximum Gasteiger partial charge on any atom is 0.259 e. The Morgan fingerprint density at radius 1 is 1.35 bits per heavy atom. The molecule has 2 aromatic rings. The van der Waals surface area contributed by atoms with E-state index in [1.54, 1.807) is 29.6 Å². The van der Waals surface area contributed by atoms with Gasteiger partial charge in [0.15, 0.2) is 0 Å². The molecule has 0 aliphatic carbocycles. The zero-order chi connectivity index (χ0) is 14.9. The van der Waals surface area contributed by atoms with Gasteiger partial charge >= 0.3 is 0 Å². The minimum Gasteiger partial charge on any atom is -0.365 e. The molecule has 106 valence electrons. The van der Waals surface area contributed by atoms with Crippen LogP contribution in [-0.2, 0) is 10.0 Å². The highest BCUT2D eigenvalue weighted by molar-refractivity contribution is 9.10. The number of carbonyl (C=O) groups excluding carboxylic acids is 1. The summed E-state index contributed by atoms with van der Waals surface area (Å²) in [6.07, 6.45) is 1.08. The normalized spacial score (nSPS) is 11.3. The quantitative estimate of drug-likeness (QED) is 0.861. The summed E-state index contributed by atoms with van der Waals surface area (Å²) >= 11 is 4.57. The summed E-state index contributed by atoms with van der Waals surface area (Å²) in [4.78, 5) is 11.8. The van der Waals surface area contributed by atoms with Crippen LogP contribution >= 0.6 is 27.3 Å². The molecule has 0 saturated carbocycles. The standard InChI is InChI=1S/C12H11BrN2O3S2/c1-20(17,18)15-9-5-7(4-8(13)6-9)10-2-3-19-11(10)12(14)16/h2-6,15H,1H3,(H2,14,16). The number of primary amides is 1. The van der Waals surface area contributed by atoms with Crippen molar-refractivity contribution in [1.29, 1.82) is 0 Å². The summed E-state index contributed by atoms with van der Waals surface area (Å²) in [7, 11) is -3.37. The van der Waals surface area contributed by atoms with Crippen LogP contribution in [0.3, 0.4) is 0 Å². The Morgan fingerprint density at radius 3 is 2.65 bits per heavy atom. The number of anilines is 1. The summed E-state index contributed by atoms with van der Waals surface area (Å²) in [5.41, 5.74) is 7.13. The molecule has 20 heavy (non-hydrogen) atoms. The van der Waals surface area contributed by atoms with Crippen LogP contribution in [0.4, 0.5) is 5.69 Å². The second kappa shape index (κ2) is 5.55. The highest BCUT2D eigenvalue weighted by Crippen LogP contribution is 2.32. The van der Waals surface area contributed by atoms with E-state index in [0.29, 0.717) is 26.2 Å². The number of hydrogen-bond donors (Lipinski definition) is 2. The van der Waals surface area contributed by atoms with E-state index in [1.165, 1.54) is 11.3 Å². The molecule has 1 aromatic heterocycles. The van der Waals surface area contributed by atoms with Gasteiger partial charge in [-0.15, -0.1) is 11.3 Å². The van der Waals surface area contributed by atoms with E-state index in [9.17, 15) is 13.2 Å². The highest BCUT2D eigenvalue weighted by Gasteiger charge is 2.13. The van der Waals surface area contributed by atoms with Gasteiger partial charge in [0.1, 0.15) is 0 Å². The first kappa shape index (κ1) is 15.0. The monoisotopic (exact) mass is 374 g/mol. The maximum atomic E-state index is 11.4. The fourth-order valence-electron chi connectivity index (χ4n) is 1.75. The molecule has 0 unspecified atom stereocenters. The molecule has 0 atom stereocenters. The fourth-order valence-corrected chi connectivity index (χ4v) is 3.55. The number of amides is 1. The fraction of sp³-hybridized carbons (Fsp3) is 0.0833. The van der Waals surface area contributed by atoms with E-state index >= 15 is 0 Å². The van der Waals surface area contributed by atoms with Crippen LogP contribution in [0.25, 0.3) is 11.1 Å². The van der Waals surface area contributed by atoms with Crippen molar-refractivity contribution >= 4 is 48.9 Å². The molecule has 0 aliphatic heterocycles. The number of halogens is 1. The number of rotatable bonds is 4. The van der Waals surface area contributed by atoms with Crippen molar-refractivity contribution in [3.63, 3.8) is 0 Å². The van der Waals surface area contributed by atoms with Crippen molar-refractivity contribution in [1.82, 2.24) is 0 Å².